The Balaban J connectivity index is 1.46. The van der Waals surface area contributed by atoms with Crippen molar-refractivity contribution in [2.24, 2.45) is 0 Å². The lowest BCUT2D eigenvalue weighted by Gasteiger charge is -2.34. The van der Waals surface area contributed by atoms with Gasteiger partial charge >= 0.3 is 0 Å². The van der Waals surface area contributed by atoms with E-state index < -0.39 is 10.0 Å². The average Bonchev–Trinajstić information content (AvgIpc) is 3.17. The Labute approximate surface area is 177 Å². The van der Waals surface area contributed by atoms with Gasteiger partial charge in [0, 0.05) is 43.3 Å². The molecule has 1 aromatic heterocycles. The second-order valence-corrected chi connectivity index (χ2v) is 10.7. The molecule has 158 valence electrons. The zero-order chi connectivity index (χ0) is 21.5. The van der Waals surface area contributed by atoms with E-state index in [1.54, 1.807) is 23.2 Å². The molecule has 0 unspecified atom stereocenters. The minimum atomic E-state index is -3.57. The molecule has 3 aromatic rings. The van der Waals surface area contributed by atoms with E-state index in [1.807, 2.05) is 36.4 Å². The van der Waals surface area contributed by atoms with Crippen molar-refractivity contribution in [2.45, 2.75) is 31.1 Å². The topological polar surface area (TPSA) is 73.5 Å². The number of carbonyl (C=O) groups is 1. The molecule has 0 bridgehead atoms. The van der Waals surface area contributed by atoms with E-state index in [0.717, 1.165) is 16.5 Å². The summed E-state index contributed by atoms with van der Waals surface area (Å²) in [6, 6.07) is 14.8. The van der Waals surface area contributed by atoms with Gasteiger partial charge in [-0.15, -0.1) is 0 Å². The number of para-hydroxylation sites is 1. The molecule has 0 spiro atoms. The van der Waals surface area contributed by atoms with Crippen LogP contribution < -0.4 is 0 Å². The predicted octanol–water partition coefficient (Wildman–Crippen LogP) is 3.61. The highest BCUT2D eigenvalue weighted by atomic mass is 32.2. The van der Waals surface area contributed by atoms with Gasteiger partial charge in [-0.3, -0.25) is 4.79 Å². The smallest absolute Gasteiger partial charge is 0.256 e. The number of sulfonamides is 1. The summed E-state index contributed by atoms with van der Waals surface area (Å²) in [5, 5.41) is 0.886. The first-order valence-corrected chi connectivity index (χ1v) is 11.6. The lowest BCUT2D eigenvalue weighted by molar-refractivity contribution is 0.0700. The number of H-pyrrole nitrogens is 1. The van der Waals surface area contributed by atoms with Gasteiger partial charge in [-0.25, -0.2) is 8.42 Å². The number of benzene rings is 2. The fraction of sp³-hybridized carbons (Fsp3) is 0.348. The van der Waals surface area contributed by atoms with Crippen LogP contribution in [0.15, 0.2) is 59.6 Å². The van der Waals surface area contributed by atoms with E-state index in [2.05, 4.69) is 25.8 Å². The van der Waals surface area contributed by atoms with E-state index in [0.29, 0.717) is 23.5 Å². The molecule has 4 rings (SSSR count). The molecule has 1 fully saturated rings. The first kappa shape index (κ1) is 20.6. The zero-order valence-electron chi connectivity index (χ0n) is 17.6. The number of hydrogen-bond donors (Lipinski definition) is 1. The molecule has 6 nitrogen and oxygen atoms in total. The largest absolute Gasteiger partial charge is 0.360 e. The molecule has 2 heterocycles. The Hall–Kier alpha value is -2.64. The van der Waals surface area contributed by atoms with Gasteiger partial charge in [0.1, 0.15) is 0 Å². The summed E-state index contributed by atoms with van der Waals surface area (Å²) in [6.45, 7) is 7.62. The average molecular weight is 426 g/mol. The number of hydrogen-bond acceptors (Lipinski definition) is 3. The normalized spacial score (nSPS) is 16.2. The highest BCUT2D eigenvalue weighted by Crippen LogP contribution is 2.26. The van der Waals surface area contributed by atoms with Crippen LogP contribution in [-0.2, 0) is 15.4 Å². The summed E-state index contributed by atoms with van der Waals surface area (Å²) in [6.07, 6.45) is 1.73. The van der Waals surface area contributed by atoms with E-state index in [1.165, 1.54) is 4.31 Å². The van der Waals surface area contributed by atoms with Crippen molar-refractivity contribution in [3.05, 3.63) is 65.9 Å². The number of piperazine rings is 1. The van der Waals surface area contributed by atoms with Crippen LogP contribution >= 0.6 is 0 Å². The minimum absolute atomic E-state index is 0.0311. The Bertz CT molecular complexity index is 1170. The van der Waals surface area contributed by atoms with Gasteiger partial charge in [0.2, 0.25) is 10.0 Å². The fourth-order valence-corrected chi connectivity index (χ4v) is 5.25. The van der Waals surface area contributed by atoms with E-state index in [4.69, 9.17) is 0 Å². The van der Waals surface area contributed by atoms with Crippen molar-refractivity contribution in [1.29, 1.82) is 0 Å². The standard InChI is InChI=1S/C23H27N3O3S/c1-23(2,3)17-8-10-18(11-9-17)30(28,29)26-14-12-25(13-15-26)22(27)20-16-24-21-7-5-4-6-19(20)21/h4-11,16,24H,12-15H2,1-3H3. The molecule has 2 aromatic carbocycles. The molecule has 1 amide bonds. The molecule has 0 aliphatic carbocycles. The Kier molecular flexibility index (Phi) is 5.20. The van der Waals surface area contributed by atoms with Crippen molar-refractivity contribution < 1.29 is 13.2 Å². The van der Waals surface area contributed by atoms with Crippen LogP contribution in [0.25, 0.3) is 10.9 Å². The van der Waals surface area contributed by atoms with Crippen LogP contribution in [0, 0.1) is 0 Å². The lowest BCUT2D eigenvalue weighted by Crippen LogP contribution is -2.50. The number of rotatable bonds is 3. The number of nitrogens with one attached hydrogen (secondary N) is 1. The molecule has 1 saturated heterocycles. The summed E-state index contributed by atoms with van der Waals surface area (Å²) in [4.78, 5) is 18.1. The van der Waals surface area contributed by atoms with Crippen LogP contribution in [0.5, 0.6) is 0 Å². The molecule has 1 N–H and O–H groups in total. The summed E-state index contributed by atoms with van der Waals surface area (Å²) in [5.74, 6) is -0.0703. The van der Waals surface area contributed by atoms with Crippen LogP contribution in [0.3, 0.4) is 0 Å². The minimum Gasteiger partial charge on any atom is -0.360 e. The molecule has 0 atom stereocenters. The number of carbonyl (C=O) groups excluding carboxylic acids is 1. The summed E-state index contributed by atoms with van der Waals surface area (Å²) in [7, 11) is -3.57. The highest BCUT2D eigenvalue weighted by Gasteiger charge is 2.31. The molecular weight excluding hydrogens is 398 g/mol. The first-order chi connectivity index (χ1) is 14.2. The maximum absolute atomic E-state index is 13.0. The van der Waals surface area contributed by atoms with Gasteiger partial charge in [-0.2, -0.15) is 4.31 Å². The van der Waals surface area contributed by atoms with Crippen molar-refractivity contribution in [1.82, 2.24) is 14.2 Å². The Morgan fingerprint density at radius 1 is 0.933 bits per heavy atom. The van der Waals surface area contributed by atoms with Gasteiger partial charge in [0.15, 0.2) is 0 Å². The van der Waals surface area contributed by atoms with Gasteiger partial charge in [0.05, 0.1) is 10.5 Å². The second kappa shape index (κ2) is 7.56. The van der Waals surface area contributed by atoms with Crippen molar-refractivity contribution in [3.8, 4) is 0 Å². The van der Waals surface area contributed by atoms with E-state index in [9.17, 15) is 13.2 Å². The number of nitrogens with zero attached hydrogens (tertiary/aromatic N) is 2. The van der Waals surface area contributed by atoms with E-state index in [-0.39, 0.29) is 24.4 Å². The third-order valence-corrected chi connectivity index (χ3v) is 7.62. The number of fused-ring (bicyclic) bond motifs is 1. The maximum atomic E-state index is 13.0. The SMILES string of the molecule is CC(C)(C)c1ccc(S(=O)(=O)N2CCN(C(=O)c3c[nH]c4ccccc34)CC2)cc1. The van der Waals surface area contributed by atoms with Gasteiger partial charge < -0.3 is 9.88 Å². The predicted molar refractivity (Wildman–Crippen MR) is 118 cm³/mol. The van der Waals surface area contributed by atoms with Crippen LogP contribution in [-0.4, -0.2) is 54.7 Å². The molecule has 0 radical (unpaired) electrons. The van der Waals surface area contributed by atoms with Crippen molar-refractivity contribution in [3.63, 3.8) is 0 Å². The van der Waals surface area contributed by atoms with Crippen LogP contribution in [0.2, 0.25) is 0 Å². The zero-order valence-corrected chi connectivity index (χ0v) is 18.4. The fourth-order valence-electron chi connectivity index (χ4n) is 3.83. The Morgan fingerprint density at radius 2 is 1.57 bits per heavy atom. The van der Waals surface area contributed by atoms with Crippen LogP contribution in [0.4, 0.5) is 0 Å². The van der Waals surface area contributed by atoms with Gasteiger partial charge in [0.25, 0.3) is 5.91 Å². The molecule has 7 heteroatoms. The molecular formula is C23H27N3O3S. The number of aromatic amines is 1. The van der Waals surface area contributed by atoms with Crippen molar-refractivity contribution in [2.75, 3.05) is 26.2 Å². The third-order valence-electron chi connectivity index (χ3n) is 5.70. The highest BCUT2D eigenvalue weighted by molar-refractivity contribution is 7.89. The monoisotopic (exact) mass is 425 g/mol. The number of aromatic nitrogens is 1. The summed E-state index contributed by atoms with van der Waals surface area (Å²) >= 11 is 0. The molecule has 1 aliphatic heterocycles. The van der Waals surface area contributed by atoms with Crippen molar-refractivity contribution >= 4 is 26.8 Å². The van der Waals surface area contributed by atoms with E-state index >= 15 is 0 Å². The number of amides is 1. The van der Waals surface area contributed by atoms with Crippen LogP contribution in [0.1, 0.15) is 36.7 Å². The Morgan fingerprint density at radius 3 is 2.20 bits per heavy atom. The summed E-state index contributed by atoms with van der Waals surface area (Å²) < 4.78 is 27.6. The molecule has 30 heavy (non-hydrogen) atoms. The summed E-state index contributed by atoms with van der Waals surface area (Å²) in [5.41, 5.74) is 2.60. The molecule has 0 saturated carbocycles. The molecule has 1 aliphatic rings. The van der Waals surface area contributed by atoms with Gasteiger partial charge in [-0.05, 0) is 29.2 Å². The lowest BCUT2D eigenvalue weighted by atomic mass is 9.87. The third kappa shape index (κ3) is 3.75. The quantitative estimate of drug-likeness (QED) is 0.697. The first-order valence-electron chi connectivity index (χ1n) is 10.1. The maximum Gasteiger partial charge on any atom is 0.256 e. The second-order valence-electron chi connectivity index (χ2n) is 8.72. The van der Waals surface area contributed by atoms with Gasteiger partial charge in [-0.1, -0.05) is 51.1 Å².